The van der Waals surface area contributed by atoms with Gasteiger partial charge in [0.1, 0.15) is 0 Å². The Kier molecular flexibility index (Phi) is 2.82. The van der Waals surface area contributed by atoms with Crippen molar-refractivity contribution in [3.63, 3.8) is 0 Å². The van der Waals surface area contributed by atoms with Gasteiger partial charge in [0.05, 0.1) is 11.1 Å². The van der Waals surface area contributed by atoms with Gasteiger partial charge < -0.3 is 5.11 Å². The molecule has 4 heteroatoms. The van der Waals surface area contributed by atoms with Crippen molar-refractivity contribution in [2.75, 3.05) is 0 Å². The van der Waals surface area contributed by atoms with Crippen LogP contribution in [0.25, 0.3) is 10.9 Å². The van der Waals surface area contributed by atoms with E-state index in [1.165, 1.54) is 0 Å². The van der Waals surface area contributed by atoms with Crippen molar-refractivity contribution in [2.45, 2.75) is 25.7 Å². The number of nitrogens with zero attached hydrogens (tertiary/aromatic N) is 1. The zero-order chi connectivity index (χ0) is 12.7. The van der Waals surface area contributed by atoms with Crippen molar-refractivity contribution < 1.29 is 9.90 Å². The van der Waals surface area contributed by atoms with Crippen LogP contribution in [-0.2, 0) is 12.8 Å². The Hall–Kier alpha value is -1.42. The van der Waals surface area contributed by atoms with E-state index < -0.39 is 5.97 Å². The van der Waals surface area contributed by atoms with E-state index in [1.54, 1.807) is 0 Å². The Balaban J connectivity index is 2.45. The smallest absolute Gasteiger partial charge is 0.336 e. The van der Waals surface area contributed by atoms with Gasteiger partial charge in [-0.25, -0.2) is 4.79 Å². The molecule has 18 heavy (non-hydrogen) atoms. The maximum absolute atomic E-state index is 11.6. The first kappa shape index (κ1) is 11.7. The Bertz CT molecular complexity index is 652. The van der Waals surface area contributed by atoms with Gasteiger partial charge >= 0.3 is 5.97 Å². The Morgan fingerprint density at radius 2 is 2.06 bits per heavy atom. The second kappa shape index (κ2) is 4.35. The van der Waals surface area contributed by atoms with Crippen LogP contribution in [0.4, 0.5) is 0 Å². The number of halogens is 1. The maximum Gasteiger partial charge on any atom is 0.336 e. The van der Waals surface area contributed by atoms with Gasteiger partial charge in [-0.2, -0.15) is 0 Å². The molecule has 0 saturated carbocycles. The highest BCUT2D eigenvalue weighted by Gasteiger charge is 2.23. The molecule has 0 radical (unpaired) electrons. The number of fused-ring (bicyclic) bond motifs is 2. The molecular weight excluding hydrogens is 294 g/mol. The molecule has 1 aliphatic rings. The third-order valence-electron chi connectivity index (χ3n) is 3.45. The molecule has 3 nitrogen and oxygen atoms in total. The van der Waals surface area contributed by atoms with Gasteiger partial charge in [0.25, 0.3) is 0 Å². The van der Waals surface area contributed by atoms with Crippen molar-refractivity contribution in [3.8, 4) is 0 Å². The number of hydrogen-bond donors (Lipinski definition) is 1. The van der Waals surface area contributed by atoms with Crippen LogP contribution in [0, 0.1) is 0 Å². The molecular formula is C14H12BrNO2. The van der Waals surface area contributed by atoms with Crippen LogP contribution < -0.4 is 0 Å². The number of aromatic carboxylic acids is 1. The van der Waals surface area contributed by atoms with Crippen LogP contribution in [0.5, 0.6) is 0 Å². The lowest BCUT2D eigenvalue weighted by Crippen LogP contribution is -2.13. The minimum Gasteiger partial charge on any atom is -0.478 e. The molecule has 1 N–H and O–H groups in total. The van der Waals surface area contributed by atoms with Gasteiger partial charge in [-0.05, 0) is 43.4 Å². The zero-order valence-corrected chi connectivity index (χ0v) is 11.3. The monoisotopic (exact) mass is 305 g/mol. The summed E-state index contributed by atoms with van der Waals surface area (Å²) in [4.78, 5) is 16.2. The number of benzene rings is 1. The van der Waals surface area contributed by atoms with E-state index in [-0.39, 0.29) is 0 Å². The Morgan fingerprint density at radius 1 is 1.28 bits per heavy atom. The van der Waals surface area contributed by atoms with Crippen LogP contribution >= 0.6 is 15.9 Å². The van der Waals surface area contributed by atoms with Crippen molar-refractivity contribution in [3.05, 3.63) is 39.5 Å². The van der Waals surface area contributed by atoms with E-state index in [1.807, 2.05) is 18.2 Å². The zero-order valence-electron chi connectivity index (χ0n) is 9.74. The molecule has 0 saturated heterocycles. The van der Waals surface area contributed by atoms with E-state index in [9.17, 15) is 9.90 Å². The summed E-state index contributed by atoms with van der Waals surface area (Å²) in [7, 11) is 0. The van der Waals surface area contributed by atoms with Crippen LogP contribution in [0.15, 0.2) is 22.7 Å². The molecule has 1 aliphatic carbocycles. The molecule has 1 aromatic carbocycles. The van der Waals surface area contributed by atoms with E-state index in [0.29, 0.717) is 5.56 Å². The highest BCUT2D eigenvalue weighted by Crippen LogP contribution is 2.33. The van der Waals surface area contributed by atoms with Gasteiger partial charge in [0, 0.05) is 15.6 Å². The van der Waals surface area contributed by atoms with E-state index in [4.69, 9.17) is 0 Å². The molecule has 92 valence electrons. The van der Waals surface area contributed by atoms with E-state index in [0.717, 1.165) is 52.3 Å². The summed E-state index contributed by atoms with van der Waals surface area (Å²) in [6, 6.07) is 5.63. The topological polar surface area (TPSA) is 50.2 Å². The van der Waals surface area contributed by atoms with Gasteiger partial charge in [-0.1, -0.05) is 22.0 Å². The lowest BCUT2D eigenvalue weighted by Gasteiger charge is -2.19. The van der Waals surface area contributed by atoms with Crippen molar-refractivity contribution in [1.82, 2.24) is 4.98 Å². The standard InChI is InChI=1S/C14H12BrNO2/c15-9-5-3-7-11-13(9)12(14(17)18)8-4-1-2-6-10(8)16-11/h3,5,7H,1-2,4,6H2,(H,17,18). The molecule has 0 bridgehead atoms. The molecule has 0 atom stereocenters. The number of carbonyl (C=O) groups is 1. The number of hydrogen-bond acceptors (Lipinski definition) is 2. The minimum atomic E-state index is -0.854. The first-order valence-corrected chi connectivity index (χ1v) is 6.81. The predicted octanol–water partition coefficient (Wildman–Crippen LogP) is 3.57. The predicted molar refractivity (Wildman–Crippen MR) is 73.0 cm³/mol. The summed E-state index contributed by atoms with van der Waals surface area (Å²) in [5.41, 5.74) is 3.09. The summed E-state index contributed by atoms with van der Waals surface area (Å²) in [5.74, 6) is -0.854. The van der Waals surface area contributed by atoms with Crippen LogP contribution in [0.2, 0.25) is 0 Å². The molecule has 0 fully saturated rings. The number of carboxylic acid groups (broad SMARTS) is 1. The molecule has 2 aromatic rings. The normalized spacial score (nSPS) is 14.5. The van der Waals surface area contributed by atoms with Gasteiger partial charge in [0.2, 0.25) is 0 Å². The average molecular weight is 306 g/mol. The molecule has 0 amide bonds. The van der Waals surface area contributed by atoms with E-state index in [2.05, 4.69) is 20.9 Å². The number of aromatic nitrogens is 1. The molecule has 3 rings (SSSR count). The number of aryl methyl sites for hydroxylation is 1. The second-order valence-corrected chi connectivity index (χ2v) is 5.41. The minimum absolute atomic E-state index is 0.433. The lowest BCUT2D eigenvalue weighted by molar-refractivity contribution is 0.0697. The summed E-state index contributed by atoms with van der Waals surface area (Å²) >= 11 is 3.44. The summed E-state index contributed by atoms with van der Waals surface area (Å²) in [6.07, 6.45) is 3.85. The third-order valence-corrected chi connectivity index (χ3v) is 4.11. The summed E-state index contributed by atoms with van der Waals surface area (Å²) in [6.45, 7) is 0. The third kappa shape index (κ3) is 1.72. The fraction of sp³-hybridized carbons (Fsp3) is 0.286. The fourth-order valence-corrected chi connectivity index (χ4v) is 3.22. The molecule has 0 unspecified atom stereocenters. The van der Waals surface area contributed by atoms with Gasteiger partial charge in [-0.3, -0.25) is 4.98 Å². The molecule has 1 aromatic heterocycles. The van der Waals surface area contributed by atoms with E-state index >= 15 is 0 Å². The van der Waals surface area contributed by atoms with Crippen LogP contribution in [0.1, 0.15) is 34.5 Å². The first-order valence-electron chi connectivity index (χ1n) is 6.02. The maximum atomic E-state index is 11.6. The second-order valence-electron chi connectivity index (χ2n) is 4.56. The Labute approximate surface area is 113 Å². The van der Waals surface area contributed by atoms with Crippen molar-refractivity contribution in [1.29, 1.82) is 0 Å². The lowest BCUT2D eigenvalue weighted by atomic mass is 9.90. The van der Waals surface area contributed by atoms with Crippen molar-refractivity contribution >= 4 is 32.8 Å². The van der Waals surface area contributed by atoms with Gasteiger partial charge in [0.15, 0.2) is 0 Å². The highest BCUT2D eigenvalue weighted by molar-refractivity contribution is 9.10. The van der Waals surface area contributed by atoms with Crippen molar-refractivity contribution in [2.24, 2.45) is 0 Å². The quantitative estimate of drug-likeness (QED) is 0.876. The molecule has 1 heterocycles. The largest absolute Gasteiger partial charge is 0.478 e. The summed E-state index contributed by atoms with van der Waals surface area (Å²) < 4.78 is 0.804. The number of pyridine rings is 1. The number of rotatable bonds is 1. The molecule has 0 spiro atoms. The molecule has 0 aliphatic heterocycles. The van der Waals surface area contributed by atoms with Gasteiger partial charge in [-0.15, -0.1) is 0 Å². The van der Waals surface area contributed by atoms with Crippen LogP contribution in [-0.4, -0.2) is 16.1 Å². The highest BCUT2D eigenvalue weighted by atomic mass is 79.9. The number of carboxylic acids is 1. The fourth-order valence-electron chi connectivity index (χ4n) is 2.67. The SMILES string of the molecule is O=C(O)c1c2c(nc3cccc(Br)c13)CCCC2. The summed E-state index contributed by atoms with van der Waals surface area (Å²) in [5, 5.41) is 10.2. The Morgan fingerprint density at radius 3 is 2.83 bits per heavy atom. The first-order chi connectivity index (χ1) is 8.68. The average Bonchev–Trinajstić information content (AvgIpc) is 2.36. The van der Waals surface area contributed by atoms with Crippen LogP contribution in [0.3, 0.4) is 0 Å².